The first-order valence-electron chi connectivity index (χ1n) is 6.68. The minimum atomic E-state index is -5.03. The molecule has 1 aliphatic rings. The average Bonchev–Trinajstić information content (AvgIpc) is 2.77. The number of hydrogen-bond donors (Lipinski definition) is 2. The largest absolute Gasteiger partial charge is 0.492 e. The van der Waals surface area contributed by atoms with Gasteiger partial charge in [-0.25, -0.2) is 4.79 Å². The van der Waals surface area contributed by atoms with Crippen LogP contribution in [0.1, 0.15) is 19.8 Å². The minimum Gasteiger partial charge on any atom is -0.424 e. The Morgan fingerprint density at radius 3 is 2.17 bits per heavy atom. The molecule has 128 valence electrons. The lowest BCUT2D eigenvalue weighted by atomic mass is 10.3. The maximum Gasteiger partial charge on any atom is 0.492 e. The van der Waals surface area contributed by atoms with Crippen LogP contribution in [-0.4, -0.2) is 24.7 Å². The van der Waals surface area contributed by atoms with Gasteiger partial charge in [0.05, 0.1) is 10.0 Å². The van der Waals surface area contributed by atoms with Crippen molar-refractivity contribution in [2.45, 2.75) is 31.9 Å². The number of nitrogens with one attached hydrogen (secondary N) is 2. The number of halogens is 5. The van der Waals surface area contributed by atoms with E-state index in [2.05, 4.69) is 5.32 Å². The van der Waals surface area contributed by atoms with E-state index in [9.17, 15) is 18.0 Å². The van der Waals surface area contributed by atoms with Crippen molar-refractivity contribution in [3.05, 3.63) is 22.2 Å². The topological polar surface area (TPSA) is 59.6 Å². The van der Waals surface area contributed by atoms with E-state index in [0.717, 1.165) is 18.6 Å². The molecule has 1 aromatic rings. The fraction of sp³-hybridized carbons (Fsp3) is 0.462. The molecule has 0 atom stereocenters. The molecule has 1 heterocycles. The third-order valence-corrected chi connectivity index (χ3v) is 3.68. The maximum absolute atomic E-state index is 13.4. The summed E-state index contributed by atoms with van der Waals surface area (Å²) in [5.41, 5.74) is 0. The lowest BCUT2D eigenvalue weighted by Crippen LogP contribution is -2.66. The number of carbonyl (C=O) groups is 1. The summed E-state index contributed by atoms with van der Waals surface area (Å²) in [5.74, 6) is -3.88. The van der Waals surface area contributed by atoms with Crippen LogP contribution in [0.25, 0.3) is 0 Å². The molecule has 0 saturated heterocycles. The van der Waals surface area contributed by atoms with Gasteiger partial charge in [0, 0.05) is 18.7 Å². The molecule has 1 aromatic carbocycles. The van der Waals surface area contributed by atoms with Gasteiger partial charge in [-0.15, -0.1) is 0 Å². The van der Waals surface area contributed by atoms with E-state index in [1.165, 1.54) is 0 Å². The zero-order chi connectivity index (χ0) is 17.3. The summed E-state index contributed by atoms with van der Waals surface area (Å²) >= 11 is 11.5. The highest BCUT2D eigenvalue weighted by atomic mass is 35.5. The van der Waals surface area contributed by atoms with Crippen LogP contribution in [0, 0.1) is 0 Å². The average molecular weight is 373 g/mol. The summed E-state index contributed by atoms with van der Waals surface area (Å²) in [6, 6.07) is 1.10. The number of alkyl halides is 3. The van der Waals surface area contributed by atoms with Crippen LogP contribution in [0.15, 0.2) is 12.1 Å². The molecular weight excluding hydrogens is 360 g/mol. The van der Waals surface area contributed by atoms with Gasteiger partial charge in [0.2, 0.25) is 0 Å². The quantitative estimate of drug-likeness (QED) is 0.782. The van der Waals surface area contributed by atoms with E-state index in [4.69, 9.17) is 32.7 Å². The van der Waals surface area contributed by atoms with Gasteiger partial charge < -0.3 is 14.8 Å². The Morgan fingerprint density at radius 2 is 1.74 bits per heavy atom. The number of amides is 2. The predicted octanol–water partition coefficient (Wildman–Crippen LogP) is 4.08. The third kappa shape index (κ3) is 3.69. The van der Waals surface area contributed by atoms with Gasteiger partial charge in [0.1, 0.15) is 0 Å². The number of rotatable bonds is 4. The Balaban J connectivity index is 2.22. The standard InChI is InChI=1S/C13H13Cl2F3N2O3/c1-2-3-4-19-11(21)20-13(12(16,17)18)22-9-5-7(14)8(15)6-10(9)23-13/h5-6H,2-4H2,1H3,(H2,19,20,21). The fourth-order valence-electron chi connectivity index (χ4n) is 1.81. The van der Waals surface area contributed by atoms with Crippen molar-refractivity contribution in [2.24, 2.45) is 0 Å². The van der Waals surface area contributed by atoms with Crippen molar-refractivity contribution in [3.8, 4) is 11.5 Å². The number of carbonyl (C=O) groups excluding carboxylic acids is 1. The first-order valence-corrected chi connectivity index (χ1v) is 7.44. The van der Waals surface area contributed by atoms with Gasteiger partial charge in [-0.05, 0) is 6.42 Å². The fourth-order valence-corrected chi connectivity index (χ4v) is 2.12. The summed E-state index contributed by atoms with van der Waals surface area (Å²) in [4.78, 5) is 11.7. The molecule has 0 fully saturated rings. The Kier molecular flexibility index (Phi) is 5.05. The maximum atomic E-state index is 13.4. The number of benzene rings is 1. The monoisotopic (exact) mass is 372 g/mol. The first-order chi connectivity index (χ1) is 10.7. The molecule has 5 nitrogen and oxygen atoms in total. The van der Waals surface area contributed by atoms with E-state index in [1.54, 1.807) is 5.32 Å². The summed E-state index contributed by atoms with van der Waals surface area (Å²) in [5, 5.41) is 3.97. The molecule has 0 bridgehead atoms. The van der Waals surface area contributed by atoms with Crippen molar-refractivity contribution >= 4 is 29.2 Å². The van der Waals surface area contributed by atoms with Gasteiger partial charge in [0.25, 0.3) is 0 Å². The van der Waals surface area contributed by atoms with Gasteiger partial charge in [0.15, 0.2) is 11.5 Å². The Bertz CT molecular complexity index is 580. The first kappa shape index (κ1) is 17.8. The second-order valence-electron chi connectivity index (χ2n) is 4.77. The van der Waals surface area contributed by atoms with E-state index >= 15 is 0 Å². The van der Waals surface area contributed by atoms with Crippen molar-refractivity contribution in [1.29, 1.82) is 0 Å². The summed E-state index contributed by atoms with van der Waals surface area (Å²) in [6.45, 7) is 2.10. The number of unbranched alkanes of at least 4 members (excludes halogenated alkanes) is 1. The zero-order valence-electron chi connectivity index (χ0n) is 11.9. The summed E-state index contributed by atoms with van der Waals surface area (Å²) in [6.07, 6.45) is -3.63. The second-order valence-corrected chi connectivity index (χ2v) is 5.58. The van der Waals surface area contributed by atoms with E-state index in [1.807, 2.05) is 6.92 Å². The van der Waals surface area contributed by atoms with Crippen LogP contribution in [-0.2, 0) is 0 Å². The SMILES string of the molecule is CCCCNC(=O)NC1(C(F)(F)F)Oc2cc(Cl)c(Cl)cc2O1. The van der Waals surface area contributed by atoms with Crippen LogP contribution in [0.4, 0.5) is 18.0 Å². The normalized spacial score (nSPS) is 15.4. The number of fused-ring (bicyclic) bond motifs is 1. The summed E-state index contributed by atoms with van der Waals surface area (Å²) < 4.78 is 49.7. The molecule has 0 unspecified atom stereocenters. The van der Waals surface area contributed by atoms with Crippen molar-refractivity contribution in [3.63, 3.8) is 0 Å². The zero-order valence-corrected chi connectivity index (χ0v) is 13.4. The minimum absolute atomic E-state index is 0.000566. The van der Waals surface area contributed by atoms with Gasteiger partial charge in [-0.2, -0.15) is 13.2 Å². The molecule has 0 aromatic heterocycles. The molecule has 1 aliphatic heterocycles. The number of ether oxygens (including phenoxy) is 2. The molecular formula is C13H13Cl2F3N2O3. The number of hydrogen-bond acceptors (Lipinski definition) is 3. The highest BCUT2D eigenvalue weighted by Gasteiger charge is 2.65. The molecule has 23 heavy (non-hydrogen) atoms. The predicted molar refractivity (Wildman–Crippen MR) is 77.9 cm³/mol. The molecule has 0 saturated carbocycles. The van der Waals surface area contributed by atoms with Crippen LogP contribution >= 0.6 is 23.2 Å². The van der Waals surface area contributed by atoms with E-state index in [-0.39, 0.29) is 28.1 Å². The lowest BCUT2D eigenvalue weighted by molar-refractivity contribution is -0.317. The lowest BCUT2D eigenvalue weighted by Gasteiger charge is -2.29. The van der Waals surface area contributed by atoms with Gasteiger partial charge in [-0.1, -0.05) is 36.5 Å². The van der Waals surface area contributed by atoms with Crippen molar-refractivity contribution in [2.75, 3.05) is 6.54 Å². The number of urea groups is 1. The van der Waals surface area contributed by atoms with E-state index < -0.39 is 18.1 Å². The molecule has 0 radical (unpaired) electrons. The van der Waals surface area contributed by atoms with Crippen molar-refractivity contribution < 1.29 is 27.4 Å². The molecule has 0 spiro atoms. The molecule has 2 N–H and O–H groups in total. The summed E-state index contributed by atoms with van der Waals surface area (Å²) in [7, 11) is 0. The Hall–Kier alpha value is -1.54. The van der Waals surface area contributed by atoms with Crippen LogP contribution in [0.3, 0.4) is 0 Å². The highest BCUT2D eigenvalue weighted by Crippen LogP contribution is 2.47. The Morgan fingerprint density at radius 1 is 1.22 bits per heavy atom. The van der Waals surface area contributed by atoms with Crippen LogP contribution in [0.5, 0.6) is 11.5 Å². The van der Waals surface area contributed by atoms with Gasteiger partial charge >= 0.3 is 18.1 Å². The second kappa shape index (κ2) is 6.52. The van der Waals surface area contributed by atoms with Crippen LogP contribution < -0.4 is 20.1 Å². The van der Waals surface area contributed by atoms with Gasteiger partial charge in [-0.3, -0.25) is 5.32 Å². The van der Waals surface area contributed by atoms with Crippen molar-refractivity contribution in [1.82, 2.24) is 10.6 Å². The molecule has 2 rings (SSSR count). The third-order valence-electron chi connectivity index (χ3n) is 2.96. The molecule has 2 amide bonds. The molecule has 10 heteroatoms. The van der Waals surface area contributed by atoms with E-state index in [0.29, 0.717) is 6.42 Å². The smallest absolute Gasteiger partial charge is 0.424 e. The molecule has 0 aliphatic carbocycles. The van der Waals surface area contributed by atoms with Crippen LogP contribution in [0.2, 0.25) is 10.0 Å². The highest BCUT2D eigenvalue weighted by molar-refractivity contribution is 6.42. The Labute approximate surface area is 140 Å².